The van der Waals surface area contributed by atoms with Gasteiger partial charge in [0, 0.05) is 50.8 Å². The van der Waals surface area contributed by atoms with E-state index in [9.17, 15) is 14.4 Å². The lowest BCUT2D eigenvalue weighted by molar-refractivity contribution is -0.136. The normalized spacial score (nSPS) is 31.2. The highest BCUT2D eigenvalue weighted by atomic mass is 16.5. The maximum absolute atomic E-state index is 12.9. The van der Waals surface area contributed by atoms with Crippen LogP contribution in [0.1, 0.15) is 47.2 Å². The van der Waals surface area contributed by atoms with Crippen molar-refractivity contribution in [1.29, 1.82) is 0 Å². The summed E-state index contributed by atoms with van der Waals surface area (Å²) >= 11 is 0. The van der Waals surface area contributed by atoms with E-state index in [1.54, 1.807) is 4.90 Å². The number of carbonyl (C=O) groups is 3. The summed E-state index contributed by atoms with van der Waals surface area (Å²) in [6, 6.07) is 5.73. The van der Waals surface area contributed by atoms with E-state index in [4.69, 9.17) is 4.74 Å². The van der Waals surface area contributed by atoms with Gasteiger partial charge in [0.2, 0.25) is 11.8 Å². The number of piperidine rings is 1. The van der Waals surface area contributed by atoms with Crippen LogP contribution in [0.3, 0.4) is 0 Å². The summed E-state index contributed by atoms with van der Waals surface area (Å²) in [6.45, 7) is 3.50. The highest BCUT2D eigenvalue weighted by Crippen LogP contribution is 2.31. The molecule has 3 unspecified atom stereocenters. The van der Waals surface area contributed by atoms with Gasteiger partial charge >= 0.3 is 0 Å². The van der Waals surface area contributed by atoms with Crippen LogP contribution >= 0.6 is 0 Å². The second kappa shape index (κ2) is 7.19. The fraction of sp³-hybridized carbons (Fsp3) is 0.571. The number of carbonyl (C=O) groups excluding carboxylic acids is 3. The van der Waals surface area contributed by atoms with Crippen molar-refractivity contribution < 1.29 is 19.1 Å². The smallest absolute Gasteiger partial charge is 0.255 e. The summed E-state index contributed by atoms with van der Waals surface area (Å²) in [7, 11) is 0. The molecule has 5 rings (SSSR count). The van der Waals surface area contributed by atoms with E-state index in [1.807, 2.05) is 18.2 Å². The van der Waals surface area contributed by atoms with Crippen molar-refractivity contribution in [3.63, 3.8) is 0 Å². The Kier molecular flexibility index (Phi) is 4.64. The van der Waals surface area contributed by atoms with Crippen LogP contribution in [0.4, 0.5) is 0 Å². The van der Waals surface area contributed by atoms with E-state index in [1.165, 1.54) is 0 Å². The van der Waals surface area contributed by atoms with Crippen molar-refractivity contribution in [3.05, 3.63) is 34.9 Å². The van der Waals surface area contributed by atoms with Gasteiger partial charge in [0.1, 0.15) is 6.04 Å². The molecule has 0 saturated carbocycles. The Morgan fingerprint density at radius 1 is 1.24 bits per heavy atom. The van der Waals surface area contributed by atoms with Gasteiger partial charge in [0.15, 0.2) is 0 Å². The van der Waals surface area contributed by atoms with Crippen molar-refractivity contribution in [2.45, 2.75) is 56.5 Å². The van der Waals surface area contributed by atoms with E-state index in [2.05, 4.69) is 16.0 Å². The van der Waals surface area contributed by atoms with Crippen LogP contribution in [0.2, 0.25) is 0 Å². The molecule has 29 heavy (non-hydrogen) atoms. The van der Waals surface area contributed by atoms with Crippen LogP contribution < -0.4 is 16.0 Å². The predicted octanol–water partition coefficient (Wildman–Crippen LogP) is 0.0582. The number of hydrogen-bond acceptors (Lipinski definition) is 6. The van der Waals surface area contributed by atoms with Crippen LogP contribution in [0.25, 0.3) is 0 Å². The van der Waals surface area contributed by atoms with Crippen LogP contribution in [0.5, 0.6) is 0 Å². The minimum atomic E-state index is -0.579. The minimum Gasteiger partial charge on any atom is -0.372 e. The largest absolute Gasteiger partial charge is 0.372 e. The van der Waals surface area contributed by atoms with Gasteiger partial charge in [0.25, 0.3) is 5.91 Å². The van der Waals surface area contributed by atoms with E-state index >= 15 is 0 Å². The molecule has 154 valence electrons. The molecule has 1 aromatic carbocycles. The van der Waals surface area contributed by atoms with Crippen LogP contribution in [0, 0.1) is 0 Å². The number of imide groups is 1. The number of hydrogen-bond donors (Lipinski definition) is 3. The number of ether oxygens (including phenoxy) is 1. The van der Waals surface area contributed by atoms with Gasteiger partial charge in [0.05, 0.1) is 5.60 Å². The molecular weight excluding hydrogens is 372 g/mol. The van der Waals surface area contributed by atoms with E-state index in [-0.39, 0.29) is 29.7 Å². The van der Waals surface area contributed by atoms with Crippen LogP contribution in [0.15, 0.2) is 18.2 Å². The van der Waals surface area contributed by atoms with Crippen molar-refractivity contribution in [2.24, 2.45) is 0 Å². The molecule has 2 bridgehead atoms. The molecule has 3 N–H and O–H groups in total. The third-order valence-corrected chi connectivity index (χ3v) is 6.65. The molecule has 3 saturated heterocycles. The van der Waals surface area contributed by atoms with Gasteiger partial charge in [-0.25, -0.2) is 0 Å². The molecule has 0 aliphatic carbocycles. The minimum absolute atomic E-state index is 0.130. The van der Waals surface area contributed by atoms with Gasteiger partial charge < -0.3 is 20.3 Å². The first-order valence-electron chi connectivity index (χ1n) is 10.4. The summed E-state index contributed by atoms with van der Waals surface area (Å²) < 4.78 is 6.06. The van der Waals surface area contributed by atoms with Crippen LogP contribution in [-0.2, 0) is 27.4 Å². The summed E-state index contributed by atoms with van der Waals surface area (Å²) in [5, 5.41) is 9.40. The Labute approximate surface area is 169 Å². The van der Waals surface area contributed by atoms with Gasteiger partial charge in [-0.2, -0.15) is 0 Å². The van der Waals surface area contributed by atoms with Gasteiger partial charge in [-0.3, -0.25) is 19.7 Å². The number of amides is 3. The standard InChI is InChI=1S/C21H26N4O4/c26-18-5-4-17(19(27)24-18)25-10-16-13(2-1-3-15(16)20(25)28)9-22-11-21-8-14(23-12-21)6-7-29-21/h1-3,14,17,22-23H,4-12H2,(H,24,26,27). The third-order valence-electron chi connectivity index (χ3n) is 6.65. The summed E-state index contributed by atoms with van der Waals surface area (Å²) in [4.78, 5) is 38.2. The Morgan fingerprint density at radius 2 is 2.14 bits per heavy atom. The Hall–Kier alpha value is -2.29. The lowest BCUT2D eigenvalue weighted by Crippen LogP contribution is -2.52. The predicted molar refractivity (Wildman–Crippen MR) is 104 cm³/mol. The van der Waals surface area contributed by atoms with Crippen molar-refractivity contribution in [2.75, 3.05) is 19.7 Å². The zero-order valence-corrected chi connectivity index (χ0v) is 16.3. The van der Waals surface area contributed by atoms with Gasteiger partial charge in [-0.1, -0.05) is 12.1 Å². The SMILES string of the molecule is O=C1CCC(N2Cc3c(CNCC45CNC(CCO4)C5)cccc3C2=O)C(=O)N1. The Morgan fingerprint density at radius 3 is 3.00 bits per heavy atom. The molecule has 1 aromatic rings. The van der Waals surface area contributed by atoms with E-state index in [0.717, 1.165) is 43.7 Å². The Bertz CT molecular complexity index is 868. The lowest BCUT2D eigenvalue weighted by atomic mass is 9.95. The fourth-order valence-electron chi connectivity index (χ4n) is 5.08. The average Bonchev–Trinajstić information content (AvgIpc) is 3.19. The molecule has 3 amide bonds. The first kappa shape index (κ1) is 18.7. The second-order valence-corrected chi connectivity index (χ2v) is 8.55. The van der Waals surface area contributed by atoms with Crippen molar-refractivity contribution >= 4 is 17.7 Å². The molecule has 4 aliphatic heterocycles. The average molecular weight is 398 g/mol. The molecule has 0 radical (unpaired) electrons. The van der Waals surface area contributed by atoms with Gasteiger partial charge in [-0.15, -0.1) is 0 Å². The van der Waals surface area contributed by atoms with E-state index < -0.39 is 6.04 Å². The molecular formula is C21H26N4O4. The third kappa shape index (κ3) is 3.35. The molecule has 0 spiro atoms. The summed E-state index contributed by atoms with van der Waals surface area (Å²) in [5.74, 6) is -0.777. The van der Waals surface area contributed by atoms with Crippen molar-refractivity contribution in [3.8, 4) is 0 Å². The molecule has 8 nitrogen and oxygen atoms in total. The highest BCUT2D eigenvalue weighted by molar-refractivity contribution is 6.05. The molecule has 8 heteroatoms. The quantitative estimate of drug-likeness (QED) is 0.607. The first-order valence-corrected chi connectivity index (χ1v) is 10.4. The maximum Gasteiger partial charge on any atom is 0.255 e. The number of benzene rings is 1. The topological polar surface area (TPSA) is 99.8 Å². The molecule has 4 heterocycles. The zero-order chi connectivity index (χ0) is 20.0. The monoisotopic (exact) mass is 398 g/mol. The lowest BCUT2D eigenvalue weighted by Gasteiger charge is -2.32. The van der Waals surface area contributed by atoms with E-state index in [0.29, 0.717) is 31.1 Å². The van der Waals surface area contributed by atoms with Crippen molar-refractivity contribution in [1.82, 2.24) is 20.9 Å². The number of rotatable bonds is 5. The van der Waals surface area contributed by atoms with Gasteiger partial charge in [-0.05, 0) is 36.5 Å². The molecule has 0 aromatic heterocycles. The maximum atomic E-state index is 12.9. The Balaban J connectivity index is 1.27. The number of fused-ring (bicyclic) bond motifs is 3. The number of nitrogens with zero attached hydrogens (tertiary/aromatic N) is 1. The zero-order valence-electron chi connectivity index (χ0n) is 16.3. The molecule has 3 atom stereocenters. The molecule has 3 fully saturated rings. The number of nitrogens with one attached hydrogen (secondary N) is 3. The van der Waals surface area contributed by atoms with Crippen LogP contribution in [-0.4, -0.2) is 60.0 Å². The highest BCUT2D eigenvalue weighted by Gasteiger charge is 2.43. The summed E-state index contributed by atoms with van der Waals surface area (Å²) in [6.07, 6.45) is 2.76. The first-order chi connectivity index (χ1) is 14.0. The summed E-state index contributed by atoms with van der Waals surface area (Å²) in [5.41, 5.74) is 2.57. The fourth-order valence-corrected chi connectivity index (χ4v) is 5.08. The molecule has 4 aliphatic rings. The second-order valence-electron chi connectivity index (χ2n) is 8.55.